The second-order valence-electron chi connectivity index (χ2n) is 4.74. The van der Waals surface area contributed by atoms with Crippen molar-refractivity contribution in [2.75, 3.05) is 13.2 Å². The third kappa shape index (κ3) is 4.68. The monoisotopic (exact) mass is 288 g/mol. The maximum absolute atomic E-state index is 11.8. The van der Waals surface area contributed by atoms with E-state index in [0.29, 0.717) is 19.7 Å². The second kappa shape index (κ2) is 7.54. The van der Waals surface area contributed by atoms with Crippen LogP contribution in [-0.4, -0.2) is 38.8 Å². The predicted octanol–water partition coefficient (Wildman–Crippen LogP) is 1.38. The van der Waals surface area contributed by atoms with Gasteiger partial charge in [0.05, 0.1) is 19.7 Å². The van der Waals surface area contributed by atoms with Crippen LogP contribution in [0.3, 0.4) is 0 Å². The van der Waals surface area contributed by atoms with E-state index in [1.54, 1.807) is 4.68 Å². The zero-order valence-electron chi connectivity index (χ0n) is 12.4. The highest BCUT2D eigenvalue weighted by molar-refractivity contribution is 5.71. The standard InChI is InChI=1S/C15H20N4O2/c1-3-21-15(20)11-19(9-13-7-5-4-6-8-13)10-14-16-12-17-18(14)2/h4-8,12H,3,9-11H2,1-2H3. The molecule has 0 fully saturated rings. The minimum Gasteiger partial charge on any atom is -0.465 e. The van der Waals surface area contributed by atoms with Gasteiger partial charge in [-0.2, -0.15) is 5.10 Å². The summed E-state index contributed by atoms with van der Waals surface area (Å²) in [6.07, 6.45) is 1.51. The molecular formula is C15H20N4O2. The van der Waals surface area contributed by atoms with Crippen LogP contribution in [0.15, 0.2) is 36.7 Å². The molecule has 0 aliphatic carbocycles. The van der Waals surface area contributed by atoms with E-state index in [4.69, 9.17) is 4.74 Å². The number of hydrogen-bond acceptors (Lipinski definition) is 5. The molecule has 0 unspecified atom stereocenters. The summed E-state index contributed by atoms with van der Waals surface area (Å²) in [6, 6.07) is 10.0. The van der Waals surface area contributed by atoms with E-state index in [-0.39, 0.29) is 12.5 Å². The molecule has 6 nitrogen and oxygen atoms in total. The first-order valence-electron chi connectivity index (χ1n) is 6.93. The normalized spacial score (nSPS) is 10.8. The number of carbonyl (C=O) groups is 1. The van der Waals surface area contributed by atoms with E-state index in [0.717, 1.165) is 11.4 Å². The maximum atomic E-state index is 11.8. The molecule has 0 spiro atoms. The number of aromatic nitrogens is 3. The lowest BCUT2D eigenvalue weighted by atomic mass is 10.2. The van der Waals surface area contributed by atoms with Crippen LogP contribution in [0.25, 0.3) is 0 Å². The van der Waals surface area contributed by atoms with Gasteiger partial charge in [0.1, 0.15) is 12.2 Å². The maximum Gasteiger partial charge on any atom is 0.320 e. The fraction of sp³-hybridized carbons (Fsp3) is 0.400. The molecule has 1 aromatic carbocycles. The summed E-state index contributed by atoms with van der Waals surface area (Å²) >= 11 is 0. The average Bonchev–Trinajstić information content (AvgIpc) is 2.85. The molecular weight excluding hydrogens is 268 g/mol. The van der Waals surface area contributed by atoms with E-state index in [2.05, 4.69) is 10.1 Å². The molecule has 6 heteroatoms. The molecule has 0 bridgehead atoms. The van der Waals surface area contributed by atoms with Crippen molar-refractivity contribution in [1.82, 2.24) is 19.7 Å². The quantitative estimate of drug-likeness (QED) is 0.720. The predicted molar refractivity (Wildman–Crippen MR) is 78.2 cm³/mol. The molecule has 21 heavy (non-hydrogen) atoms. The van der Waals surface area contributed by atoms with Crippen molar-refractivity contribution in [3.8, 4) is 0 Å². The van der Waals surface area contributed by atoms with Crippen molar-refractivity contribution >= 4 is 5.97 Å². The van der Waals surface area contributed by atoms with E-state index < -0.39 is 0 Å². The summed E-state index contributed by atoms with van der Waals surface area (Å²) in [6.45, 7) is 3.64. The van der Waals surface area contributed by atoms with Gasteiger partial charge in [-0.3, -0.25) is 14.4 Å². The van der Waals surface area contributed by atoms with Crippen LogP contribution in [0.2, 0.25) is 0 Å². The van der Waals surface area contributed by atoms with E-state index in [1.165, 1.54) is 6.33 Å². The van der Waals surface area contributed by atoms with Gasteiger partial charge in [0.25, 0.3) is 0 Å². The van der Waals surface area contributed by atoms with E-state index in [1.807, 2.05) is 49.2 Å². The van der Waals surface area contributed by atoms with E-state index in [9.17, 15) is 4.79 Å². The number of hydrogen-bond donors (Lipinski definition) is 0. The smallest absolute Gasteiger partial charge is 0.320 e. The Kier molecular flexibility index (Phi) is 5.45. The summed E-state index contributed by atoms with van der Waals surface area (Å²) < 4.78 is 6.75. The molecule has 0 radical (unpaired) electrons. The molecule has 1 heterocycles. The Labute approximate surface area is 124 Å². The number of nitrogens with zero attached hydrogens (tertiary/aromatic N) is 4. The van der Waals surface area contributed by atoms with Crippen molar-refractivity contribution in [2.24, 2.45) is 7.05 Å². The number of rotatable bonds is 7. The molecule has 0 aliphatic rings. The molecule has 0 saturated carbocycles. The van der Waals surface area contributed by atoms with Crippen molar-refractivity contribution in [3.63, 3.8) is 0 Å². The van der Waals surface area contributed by atoms with Crippen LogP contribution in [-0.2, 0) is 29.7 Å². The number of benzene rings is 1. The Morgan fingerprint density at radius 2 is 2.05 bits per heavy atom. The van der Waals surface area contributed by atoms with Gasteiger partial charge in [-0.1, -0.05) is 30.3 Å². The van der Waals surface area contributed by atoms with E-state index >= 15 is 0 Å². The molecule has 0 atom stereocenters. The molecule has 0 saturated heterocycles. The van der Waals surface area contributed by atoms with Gasteiger partial charge in [-0.25, -0.2) is 4.98 Å². The third-order valence-electron chi connectivity index (χ3n) is 3.08. The van der Waals surface area contributed by atoms with Crippen LogP contribution < -0.4 is 0 Å². The van der Waals surface area contributed by atoms with Gasteiger partial charge in [0.15, 0.2) is 0 Å². The number of aryl methyl sites for hydroxylation is 1. The highest BCUT2D eigenvalue weighted by atomic mass is 16.5. The summed E-state index contributed by atoms with van der Waals surface area (Å²) in [5.74, 6) is 0.589. The second-order valence-corrected chi connectivity index (χ2v) is 4.74. The van der Waals surface area contributed by atoms with Gasteiger partial charge >= 0.3 is 5.97 Å². The zero-order valence-corrected chi connectivity index (χ0v) is 12.4. The highest BCUT2D eigenvalue weighted by Gasteiger charge is 2.15. The van der Waals surface area contributed by atoms with Gasteiger partial charge in [-0.15, -0.1) is 0 Å². The third-order valence-corrected chi connectivity index (χ3v) is 3.08. The van der Waals surface area contributed by atoms with Gasteiger partial charge < -0.3 is 4.74 Å². The first kappa shape index (κ1) is 15.2. The van der Waals surface area contributed by atoms with Crippen molar-refractivity contribution in [3.05, 3.63) is 48.0 Å². The van der Waals surface area contributed by atoms with Crippen molar-refractivity contribution in [2.45, 2.75) is 20.0 Å². The van der Waals surface area contributed by atoms with Crippen molar-refractivity contribution in [1.29, 1.82) is 0 Å². The topological polar surface area (TPSA) is 60.2 Å². The Morgan fingerprint density at radius 1 is 1.29 bits per heavy atom. The zero-order chi connectivity index (χ0) is 15.1. The van der Waals surface area contributed by atoms with Crippen LogP contribution in [0.4, 0.5) is 0 Å². The fourth-order valence-electron chi connectivity index (χ4n) is 2.06. The molecule has 0 N–H and O–H groups in total. The lowest BCUT2D eigenvalue weighted by Gasteiger charge is -2.20. The Morgan fingerprint density at radius 3 is 2.67 bits per heavy atom. The summed E-state index contributed by atoms with van der Waals surface area (Å²) in [5.41, 5.74) is 1.14. The molecule has 0 amide bonds. The number of ether oxygens (including phenoxy) is 1. The Hall–Kier alpha value is -2.21. The highest BCUT2D eigenvalue weighted by Crippen LogP contribution is 2.08. The number of carbonyl (C=O) groups excluding carboxylic acids is 1. The van der Waals surface area contributed by atoms with Gasteiger partial charge in [0, 0.05) is 13.6 Å². The van der Waals surface area contributed by atoms with Crippen LogP contribution in [0.5, 0.6) is 0 Å². The Bertz CT molecular complexity index is 568. The van der Waals surface area contributed by atoms with Crippen LogP contribution in [0.1, 0.15) is 18.3 Å². The number of esters is 1. The molecule has 112 valence electrons. The molecule has 2 rings (SSSR count). The fourth-order valence-corrected chi connectivity index (χ4v) is 2.06. The van der Waals surface area contributed by atoms with Gasteiger partial charge in [0.2, 0.25) is 0 Å². The lowest BCUT2D eigenvalue weighted by Crippen LogP contribution is -2.31. The lowest BCUT2D eigenvalue weighted by molar-refractivity contribution is -0.144. The minimum atomic E-state index is -0.226. The first-order valence-corrected chi connectivity index (χ1v) is 6.93. The first-order chi connectivity index (χ1) is 10.2. The summed E-state index contributed by atoms with van der Waals surface area (Å²) in [7, 11) is 1.84. The Balaban J connectivity index is 2.06. The largest absolute Gasteiger partial charge is 0.465 e. The SMILES string of the molecule is CCOC(=O)CN(Cc1ccccc1)Cc1ncnn1C. The van der Waals surface area contributed by atoms with Crippen LogP contribution >= 0.6 is 0 Å². The summed E-state index contributed by atoms with van der Waals surface area (Å²) in [5, 5.41) is 4.05. The summed E-state index contributed by atoms with van der Waals surface area (Å²) in [4.78, 5) is 18.0. The minimum absolute atomic E-state index is 0.226. The molecule has 1 aromatic heterocycles. The van der Waals surface area contributed by atoms with Crippen molar-refractivity contribution < 1.29 is 9.53 Å². The molecule has 0 aliphatic heterocycles. The molecule has 2 aromatic rings. The van der Waals surface area contributed by atoms with Crippen LogP contribution in [0, 0.1) is 0 Å². The average molecular weight is 288 g/mol. The van der Waals surface area contributed by atoms with Gasteiger partial charge in [-0.05, 0) is 12.5 Å².